The predicted octanol–water partition coefficient (Wildman–Crippen LogP) is 3.95. The molecule has 0 aliphatic heterocycles. The molecule has 0 aromatic carbocycles. The number of allylic oxidation sites excluding steroid dienone is 3. The van der Waals surface area contributed by atoms with Crippen LogP contribution in [0.1, 0.15) is 52.4 Å². The number of unbranched alkanes of at least 4 members (excludes halogenated alkanes) is 3. The molecule has 0 saturated heterocycles. The van der Waals surface area contributed by atoms with Crippen LogP contribution in [0.3, 0.4) is 0 Å². The molecule has 1 unspecified atom stereocenters. The third-order valence-corrected chi connectivity index (χ3v) is 2.58. The zero-order valence-electron chi connectivity index (χ0n) is 11.6. The Bertz CT molecular complexity index is 256. The van der Waals surface area contributed by atoms with Crippen LogP contribution in [0, 0.1) is 0 Å². The maximum absolute atomic E-state index is 10.5. The number of hydrogen-bond acceptors (Lipinski definition) is 2. The number of rotatable bonds is 11. The van der Waals surface area contributed by atoms with Crippen molar-refractivity contribution in [2.24, 2.45) is 0 Å². The summed E-state index contributed by atoms with van der Waals surface area (Å²) in [4.78, 5) is 10.5. The second-order valence-corrected chi connectivity index (χ2v) is 4.31. The fraction of sp³-hybridized carbons (Fsp3) is 0.667. The van der Waals surface area contributed by atoms with Crippen molar-refractivity contribution in [2.75, 3.05) is 6.61 Å². The van der Waals surface area contributed by atoms with E-state index in [9.17, 15) is 4.79 Å². The molecule has 0 heterocycles. The van der Waals surface area contributed by atoms with Gasteiger partial charge in [-0.1, -0.05) is 44.1 Å². The van der Waals surface area contributed by atoms with E-state index < -0.39 is 12.1 Å². The highest BCUT2D eigenvalue weighted by molar-refractivity contribution is 5.71. The van der Waals surface area contributed by atoms with E-state index in [1.165, 1.54) is 25.7 Å². The summed E-state index contributed by atoms with van der Waals surface area (Å²) in [6, 6.07) is 0. The Balaban J connectivity index is 3.35. The van der Waals surface area contributed by atoms with Crippen LogP contribution >= 0.6 is 0 Å². The lowest BCUT2D eigenvalue weighted by atomic mass is 10.2. The Morgan fingerprint density at radius 2 is 1.83 bits per heavy atom. The van der Waals surface area contributed by atoms with E-state index >= 15 is 0 Å². The van der Waals surface area contributed by atoms with E-state index in [1.807, 2.05) is 6.08 Å². The number of carbonyl (C=O) groups is 1. The van der Waals surface area contributed by atoms with Crippen LogP contribution in [0.2, 0.25) is 0 Å². The van der Waals surface area contributed by atoms with Gasteiger partial charge >= 0.3 is 5.97 Å². The lowest BCUT2D eigenvalue weighted by Crippen LogP contribution is -2.20. The second-order valence-electron chi connectivity index (χ2n) is 4.31. The molecular weight excluding hydrogens is 228 g/mol. The van der Waals surface area contributed by atoms with Gasteiger partial charge in [0.2, 0.25) is 0 Å². The SMILES string of the molecule is CCCCC/C=C\C/C=C\CCOC(C)C(=O)O. The van der Waals surface area contributed by atoms with Gasteiger partial charge in [0.1, 0.15) is 0 Å². The summed E-state index contributed by atoms with van der Waals surface area (Å²) in [5, 5.41) is 8.59. The average molecular weight is 254 g/mol. The smallest absolute Gasteiger partial charge is 0.332 e. The zero-order chi connectivity index (χ0) is 13.6. The molecule has 0 aliphatic rings. The molecule has 0 radical (unpaired) electrons. The molecule has 0 spiro atoms. The van der Waals surface area contributed by atoms with E-state index in [0.717, 1.165) is 12.8 Å². The van der Waals surface area contributed by atoms with E-state index in [-0.39, 0.29) is 0 Å². The van der Waals surface area contributed by atoms with Crippen molar-refractivity contribution >= 4 is 5.97 Å². The summed E-state index contributed by atoms with van der Waals surface area (Å²) in [7, 11) is 0. The highest BCUT2D eigenvalue weighted by Crippen LogP contribution is 2.00. The maximum atomic E-state index is 10.5. The molecule has 0 aromatic heterocycles. The van der Waals surface area contributed by atoms with Crippen molar-refractivity contribution in [1.29, 1.82) is 0 Å². The minimum absolute atomic E-state index is 0.462. The van der Waals surface area contributed by atoms with Crippen LogP contribution in [0.5, 0.6) is 0 Å². The highest BCUT2D eigenvalue weighted by Gasteiger charge is 2.09. The third kappa shape index (κ3) is 11.4. The Hall–Kier alpha value is -1.09. The fourth-order valence-electron chi connectivity index (χ4n) is 1.40. The van der Waals surface area contributed by atoms with Crippen LogP contribution in [0.15, 0.2) is 24.3 Å². The first kappa shape index (κ1) is 16.9. The molecule has 18 heavy (non-hydrogen) atoms. The van der Waals surface area contributed by atoms with Crippen molar-refractivity contribution in [3.63, 3.8) is 0 Å². The molecule has 0 saturated carbocycles. The minimum atomic E-state index is -0.908. The van der Waals surface area contributed by atoms with Gasteiger partial charge in [-0.15, -0.1) is 0 Å². The van der Waals surface area contributed by atoms with Crippen LogP contribution in [0.4, 0.5) is 0 Å². The molecule has 104 valence electrons. The number of hydrogen-bond donors (Lipinski definition) is 1. The molecule has 3 nitrogen and oxygen atoms in total. The number of carboxylic acids is 1. The fourth-order valence-corrected chi connectivity index (χ4v) is 1.40. The summed E-state index contributed by atoms with van der Waals surface area (Å²) in [5.41, 5.74) is 0. The lowest BCUT2D eigenvalue weighted by molar-refractivity contribution is -0.149. The summed E-state index contributed by atoms with van der Waals surface area (Å²) in [6.07, 6.45) is 14.5. The van der Waals surface area contributed by atoms with Crippen molar-refractivity contribution in [3.8, 4) is 0 Å². The van der Waals surface area contributed by atoms with E-state index in [2.05, 4.69) is 25.2 Å². The van der Waals surface area contributed by atoms with Gasteiger partial charge in [0.15, 0.2) is 6.10 Å². The van der Waals surface area contributed by atoms with Crippen molar-refractivity contribution in [1.82, 2.24) is 0 Å². The summed E-state index contributed by atoms with van der Waals surface area (Å²) < 4.78 is 5.11. The third-order valence-electron chi connectivity index (χ3n) is 2.58. The lowest BCUT2D eigenvalue weighted by Gasteiger charge is -2.05. The normalized spacial score (nSPS) is 13.4. The molecule has 0 aromatic rings. The van der Waals surface area contributed by atoms with Gasteiger partial charge in [-0.2, -0.15) is 0 Å². The van der Waals surface area contributed by atoms with Crippen molar-refractivity contribution in [3.05, 3.63) is 24.3 Å². The number of aliphatic carboxylic acids is 1. The van der Waals surface area contributed by atoms with E-state index in [0.29, 0.717) is 6.61 Å². The standard InChI is InChI=1S/C15H26O3/c1-3-4-5-6-7-8-9-10-11-12-13-18-14(2)15(16)17/h7-8,10-11,14H,3-6,9,12-13H2,1-2H3,(H,16,17)/b8-7-,11-10-. The predicted molar refractivity (Wildman–Crippen MR) is 74.7 cm³/mol. The summed E-state index contributed by atoms with van der Waals surface area (Å²) in [5.74, 6) is -0.908. The first-order valence-corrected chi connectivity index (χ1v) is 6.82. The minimum Gasteiger partial charge on any atom is -0.479 e. The van der Waals surface area contributed by atoms with Crippen LogP contribution in [0.25, 0.3) is 0 Å². The van der Waals surface area contributed by atoms with Crippen molar-refractivity contribution in [2.45, 2.75) is 58.5 Å². The van der Waals surface area contributed by atoms with Gasteiger partial charge in [-0.25, -0.2) is 4.79 Å². The molecular formula is C15H26O3. The van der Waals surface area contributed by atoms with Crippen LogP contribution < -0.4 is 0 Å². The molecule has 0 rings (SSSR count). The second kappa shape index (κ2) is 12.4. The summed E-state index contributed by atoms with van der Waals surface area (Å²) >= 11 is 0. The topological polar surface area (TPSA) is 46.5 Å². The van der Waals surface area contributed by atoms with Gasteiger partial charge in [0, 0.05) is 0 Å². The van der Waals surface area contributed by atoms with Crippen molar-refractivity contribution < 1.29 is 14.6 Å². The van der Waals surface area contributed by atoms with Gasteiger partial charge in [-0.05, 0) is 32.6 Å². The van der Waals surface area contributed by atoms with Gasteiger partial charge in [-0.3, -0.25) is 0 Å². The van der Waals surface area contributed by atoms with Gasteiger partial charge < -0.3 is 9.84 Å². The Labute approximate surface area is 111 Å². The van der Waals surface area contributed by atoms with E-state index in [1.54, 1.807) is 6.92 Å². The molecule has 0 amide bonds. The van der Waals surface area contributed by atoms with Crippen LogP contribution in [-0.2, 0) is 9.53 Å². The Kier molecular flexibility index (Phi) is 11.6. The molecule has 1 N–H and O–H groups in total. The van der Waals surface area contributed by atoms with E-state index in [4.69, 9.17) is 9.84 Å². The molecule has 0 fully saturated rings. The first-order chi connectivity index (χ1) is 8.68. The number of carboxylic acid groups (broad SMARTS) is 1. The first-order valence-electron chi connectivity index (χ1n) is 6.82. The van der Waals surface area contributed by atoms with Crippen LogP contribution in [-0.4, -0.2) is 23.8 Å². The molecule has 0 bridgehead atoms. The molecule has 0 aliphatic carbocycles. The van der Waals surface area contributed by atoms with Gasteiger partial charge in [0.25, 0.3) is 0 Å². The summed E-state index contributed by atoms with van der Waals surface area (Å²) in [6.45, 7) is 4.22. The largest absolute Gasteiger partial charge is 0.479 e. The highest BCUT2D eigenvalue weighted by atomic mass is 16.5. The molecule has 3 heteroatoms. The average Bonchev–Trinajstić information content (AvgIpc) is 2.35. The zero-order valence-corrected chi connectivity index (χ0v) is 11.6. The number of ether oxygens (including phenoxy) is 1. The van der Waals surface area contributed by atoms with Gasteiger partial charge in [0.05, 0.1) is 6.61 Å². The quantitative estimate of drug-likeness (QED) is 0.448. The monoisotopic (exact) mass is 254 g/mol. The molecule has 1 atom stereocenters. The Morgan fingerprint density at radius 3 is 2.44 bits per heavy atom. The maximum Gasteiger partial charge on any atom is 0.332 e. The Morgan fingerprint density at radius 1 is 1.17 bits per heavy atom.